The molecule has 0 aliphatic carbocycles. The van der Waals surface area contributed by atoms with Crippen molar-refractivity contribution < 1.29 is 14.4 Å². The average Bonchev–Trinajstić information content (AvgIpc) is 3.30. The van der Waals surface area contributed by atoms with Gasteiger partial charge in [-0.15, -0.1) is 0 Å². The molecule has 1 aliphatic rings. The number of aromatic amines is 1. The molecule has 1 saturated heterocycles. The molecule has 1 amide bonds. The smallest absolute Gasteiger partial charge is 0.244 e. The maximum atomic E-state index is 12.3. The zero-order valence-electron chi connectivity index (χ0n) is 19.9. The van der Waals surface area contributed by atoms with E-state index in [9.17, 15) is 4.79 Å². The van der Waals surface area contributed by atoms with Crippen LogP contribution in [0.15, 0.2) is 67.0 Å². The van der Waals surface area contributed by atoms with Gasteiger partial charge in [0.15, 0.2) is 6.29 Å². The molecule has 3 heterocycles. The molecule has 2 atom stereocenters. The summed E-state index contributed by atoms with van der Waals surface area (Å²) in [5.41, 5.74) is 8.97. The van der Waals surface area contributed by atoms with Crippen LogP contribution in [0.3, 0.4) is 0 Å². The van der Waals surface area contributed by atoms with E-state index in [1.54, 1.807) is 6.20 Å². The fourth-order valence-electron chi connectivity index (χ4n) is 4.39. The van der Waals surface area contributed by atoms with Crippen LogP contribution in [-0.2, 0) is 20.8 Å². The lowest BCUT2D eigenvalue weighted by atomic mass is 9.96. The number of aromatic nitrogens is 3. The number of carbonyl (C=O) groups is 1. The van der Waals surface area contributed by atoms with E-state index in [1.807, 2.05) is 25.3 Å². The molecule has 1 fully saturated rings. The number of hydrogen-bond acceptors (Lipinski definition) is 5. The third-order valence-corrected chi connectivity index (χ3v) is 6.38. The summed E-state index contributed by atoms with van der Waals surface area (Å²) in [6.07, 6.45) is 7.29. The van der Waals surface area contributed by atoms with Crippen LogP contribution < -0.4 is 5.48 Å². The quantitative estimate of drug-likeness (QED) is 0.342. The number of hydrogen-bond donors (Lipinski definition) is 2. The normalized spacial score (nSPS) is 16.8. The van der Waals surface area contributed by atoms with Gasteiger partial charge in [0, 0.05) is 43.8 Å². The molecule has 2 N–H and O–H groups in total. The molecule has 0 radical (unpaired) electrons. The Morgan fingerprint density at radius 3 is 2.83 bits per heavy atom. The lowest BCUT2D eigenvalue weighted by Gasteiger charge is -2.22. The summed E-state index contributed by atoms with van der Waals surface area (Å²) >= 11 is 0. The molecule has 35 heavy (non-hydrogen) atoms. The van der Waals surface area contributed by atoms with Crippen molar-refractivity contribution in [2.24, 2.45) is 0 Å². The third kappa shape index (κ3) is 5.93. The van der Waals surface area contributed by atoms with E-state index in [0.717, 1.165) is 58.4 Å². The van der Waals surface area contributed by atoms with Crippen molar-refractivity contribution in [3.05, 3.63) is 83.9 Å². The highest BCUT2D eigenvalue weighted by Gasteiger charge is 2.17. The van der Waals surface area contributed by atoms with Gasteiger partial charge in [0.25, 0.3) is 0 Å². The number of nitrogens with zero attached hydrogens (tertiary/aromatic N) is 2. The van der Waals surface area contributed by atoms with Crippen LogP contribution in [-0.4, -0.2) is 33.8 Å². The Kier molecular flexibility index (Phi) is 7.16. The van der Waals surface area contributed by atoms with Gasteiger partial charge in [-0.3, -0.25) is 9.78 Å². The first-order chi connectivity index (χ1) is 17.1. The number of carbonyl (C=O) groups excluding carboxylic acids is 1. The number of ether oxygens (including phenoxy) is 1. The Bertz CT molecular complexity index is 1260. The van der Waals surface area contributed by atoms with Gasteiger partial charge in [-0.1, -0.05) is 43.3 Å². The fraction of sp³-hybridized carbons (Fsp3) is 0.321. The number of hydroxylamine groups is 1. The van der Waals surface area contributed by atoms with Gasteiger partial charge in [-0.05, 0) is 53.6 Å². The number of imidazole rings is 1. The van der Waals surface area contributed by atoms with Crippen molar-refractivity contribution >= 4 is 16.9 Å². The lowest BCUT2D eigenvalue weighted by molar-refractivity contribution is -0.200. The van der Waals surface area contributed by atoms with E-state index in [2.05, 4.69) is 57.9 Å². The standard InChI is InChI=1S/C28H30N4O3/c1-19(15-27(33)32-35-28-6-2-3-14-34-28)21-9-7-20(8-10-21)16-26-30-24-12-11-22(17-25(24)31-26)23-5-4-13-29-18-23/h4-5,7-13,17-19,28H,2-3,6,14-16H2,1H3,(H,30,31)(H,32,33). The van der Waals surface area contributed by atoms with Crippen molar-refractivity contribution in [3.63, 3.8) is 0 Å². The van der Waals surface area contributed by atoms with Gasteiger partial charge in [0.1, 0.15) is 5.82 Å². The second kappa shape index (κ2) is 10.8. The van der Waals surface area contributed by atoms with Gasteiger partial charge in [-0.25, -0.2) is 15.3 Å². The van der Waals surface area contributed by atoms with E-state index < -0.39 is 0 Å². The SMILES string of the molecule is CC(CC(=O)NOC1CCCCO1)c1ccc(Cc2nc3ccc(-c4cccnc4)cc3[nH]2)cc1. The van der Waals surface area contributed by atoms with Crippen LogP contribution in [0.25, 0.3) is 22.2 Å². The minimum atomic E-state index is -0.331. The number of benzene rings is 2. The summed E-state index contributed by atoms with van der Waals surface area (Å²) in [5.74, 6) is 0.867. The molecule has 180 valence electrons. The maximum Gasteiger partial charge on any atom is 0.244 e. The Morgan fingerprint density at radius 2 is 2.06 bits per heavy atom. The fourth-order valence-corrected chi connectivity index (χ4v) is 4.39. The van der Waals surface area contributed by atoms with Gasteiger partial charge in [0.2, 0.25) is 5.91 Å². The van der Waals surface area contributed by atoms with Crippen LogP contribution in [0, 0.1) is 0 Å². The van der Waals surface area contributed by atoms with Gasteiger partial charge >= 0.3 is 0 Å². The number of rotatable bonds is 8. The molecule has 0 bridgehead atoms. The summed E-state index contributed by atoms with van der Waals surface area (Å²) in [7, 11) is 0. The molecule has 4 aromatic rings. The minimum Gasteiger partial charge on any atom is -0.350 e. The van der Waals surface area contributed by atoms with Crippen molar-refractivity contribution in [2.75, 3.05) is 6.61 Å². The van der Waals surface area contributed by atoms with Crippen molar-refractivity contribution in [3.8, 4) is 11.1 Å². The Morgan fingerprint density at radius 1 is 1.17 bits per heavy atom. The molecule has 2 unspecified atom stereocenters. The molecule has 7 heteroatoms. The monoisotopic (exact) mass is 470 g/mol. The number of H-pyrrole nitrogens is 1. The first kappa shape index (κ1) is 23.2. The van der Waals surface area contributed by atoms with Crippen LogP contribution in [0.1, 0.15) is 55.5 Å². The molecular weight excluding hydrogens is 440 g/mol. The number of amides is 1. The number of pyridine rings is 1. The van der Waals surface area contributed by atoms with Gasteiger partial charge < -0.3 is 9.72 Å². The van der Waals surface area contributed by atoms with E-state index in [-0.39, 0.29) is 18.1 Å². The molecule has 2 aromatic heterocycles. The second-order valence-corrected chi connectivity index (χ2v) is 9.12. The molecular formula is C28H30N4O3. The largest absolute Gasteiger partial charge is 0.350 e. The molecule has 5 rings (SSSR count). The van der Waals surface area contributed by atoms with Crippen LogP contribution >= 0.6 is 0 Å². The Balaban J connectivity index is 1.17. The van der Waals surface area contributed by atoms with Crippen molar-refractivity contribution in [2.45, 2.75) is 51.2 Å². The number of nitrogens with one attached hydrogen (secondary N) is 2. The average molecular weight is 471 g/mol. The first-order valence-electron chi connectivity index (χ1n) is 12.2. The zero-order chi connectivity index (χ0) is 24.0. The molecule has 0 spiro atoms. The highest BCUT2D eigenvalue weighted by atomic mass is 16.8. The predicted octanol–water partition coefficient (Wildman–Crippen LogP) is 5.28. The van der Waals surface area contributed by atoms with Crippen molar-refractivity contribution in [1.29, 1.82) is 0 Å². The summed E-state index contributed by atoms with van der Waals surface area (Å²) in [5, 5.41) is 0. The second-order valence-electron chi connectivity index (χ2n) is 9.12. The molecule has 7 nitrogen and oxygen atoms in total. The summed E-state index contributed by atoms with van der Waals surface area (Å²) < 4.78 is 5.48. The predicted molar refractivity (Wildman–Crippen MR) is 134 cm³/mol. The molecule has 0 saturated carbocycles. The third-order valence-electron chi connectivity index (χ3n) is 6.38. The lowest BCUT2D eigenvalue weighted by Crippen LogP contribution is -2.33. The van der Waals surface area contributed by atoms with Crippen LogP contribution in [0.2, 0.25) is 0 Å². The van der Waals surface area contributed by atoms with Crippen LogP contribution in [0.5, 0.6) is 0 Å². The maximum absolute atomic E-state index is 12.3. The Hall–Kier alpha value is -3.55. The van der Waals surface area contributed by atoms with E-state index >= 15 is 0 Å². The highest BCUT2D eigenvalue weighted by Crippen LogP contribution is 2.24. The summed E-state index contributed by atoms with van der Waals surface area (Å²) in [6.45, 7) is 2.73. The highest BCUT2D eigenvalue weighted by molar-refractivity contribution is 5.81. The summed E-state index contributed by atoms with van der Waals surface area (Å²) in [4.78, 5) is 30.1. The number of fused-ring (bicyclic) bond motifs is 1. The molecule has 2 aromatic carbocycles. The zero-order valence-corrected chi connectivity index (χ0v) is 19.9. The Labute approximate surface area is 204 Å². The van der Waals surface area contributed by atoms with E-state index in [0.29, 0.717) is 19.4 Å². The van der Waals surface area contributed by atoms with Crippen molar-refractivity contribution in [1.82, 2.24) is 20.4 Å². The van der Waals surface area contributed by atoms with Crippen LogP contribution in [0.4, 0.5) is 0 Å². The first-order valence-corrected chi connectivity index (χ1v) is 12.2. The van der Waals surface area contributed by atoms with Gasteiger partial charge in [0.05, 0.1) is 11.0 Å². The minimum absolute atomic E-state index is 0.0806. The summed E-state index contributed by atoms with van der Waals surface area (Å²) in [6, 6.07) is 18.6. The molecule has 1 aliphatic heterocycles. The van der Waals surface area contributed by atoms with Gasteiger partial charge in [-0.2, -0.15) is 0 Å². The van der Waals surface area contributed by atoms with E-state index in [4.69, 9.17) is 14.6 Å². The topological polar surface area (TPSA) is 89.1 Å². The van der Waals surface area contributed by atoms with E-state index in [1.165, 1.54) is 0 Å².